The predicted octanol–water partition coefficient (Wildman–Crippen LogP) is 2.98. The van der Waals surface area contributed by atoms with Gasteiger partial charge in [-0.2, -0.15) is 5.10 Å². The van der Waals surface area contributed by atoms with Gasteiger partial charge in [0.05, 0.1) is 37.6 Å². The van der Waals surface area contributed by atoms with Crippen molar-refractivity contribution < 1.29 is 23.8 Å². The van der Waals surface area contributed by atoms with E-state index < -0.39 is 11.9 Å². The molecule has 3 N–H and O–H groups in total. The van der Waals surface area contributed by atoms with E-state index in [1.54, 1.807) is 54.6 Å². The van der Waals surface area contributed by atoms with Gasteiger partial charge in [0.15, 0.2) is 11.6 Å². The summed E-state index contributed by atoms with van der Waals surface area (Å²) in [5.74, 6) is -0.303. The summed E-state index contributed by atoms with van der Waals surface area (Å²) in [7, 11) is 3.17. The van der Waals surface area contributed by atoms with E-state index in [4.69, 9.17) is 9.47 Å². The molecule has 11 heteroatoms. The first kappa shape index (κ1) is 25.6. The topological polar surface area (TPSA) is 123 Å². The Hall–Kier alpha value is -4.09. The first-order chi connectivity index (χ1) is 18.4. The molecule has 0 spiro atoms. The van der Waals surface area contributed by atoms with Gasteiger partial charge in [-0.3, -0.25) is 9.48 Å². The maximum absolute atomic E-state index is 14.5. The number of carbonyl (C=O) groups is 1. The van der Waals surface area contributed by atoms with Crippen molar-refractivity contribution in [2.75, 3.05) is 25.6 Å². The second kappa shape index (κ2) is 11.1. The number of fused-ring (bicyclic) bond motifs is 1. The molecular formula is C27H29FN6O4. The number of nitrogens with zero attached hydrogens (tertiary/aromatic N) is 4. The quantitative estimate of drug-likeness (QED) is 0.324. The van der Waals surface area contributed by atoms with Gasteiger partial charge >= 0.3 is 0 Å². The third kappa shape index (κ3) is 5.58. The number of rotatable bonds is 8. The van der Waals surface area contributed by atoms with Crippen LogP contribution in [0.1, 0.15) is 40.4 Å². The summed E-state index contributed by atoms with van der Waals surface area (Å²) in [4.78, 5) is 22.4. The maximum atomic E-state index is 14.5. The van der Waals surface area contributed by atoms with Crippen molar-refractivity contribution in [2.24, 2.45) is 7.05 Å². The molecule has 1 aliphatic rings. The third-order valence-electron chi connectivity index (χ3n) is 6.59. The van der Waals surface area contributed by atoms with Crippen LogP contribution in [0.3, 0.4) is 0 Å². The van der Waals surface area contributed by atoms with E-state index in [0.717, 1.165) is 11.8 Å². The summed E-state index contributed by atoms with van der Waals surface area (Å²) in [6, 6.07) is 9.22. The van der Waals surface area contributed by atoms with Gasteiger partial charge in [-0.1, -0.05) is 12.1 Å². The lowest BCUT2D eigenvalue weighted by Crippen LogP contribution is -2.36. The van der Waals surface area contributed by atoms with Crippen LogP contribution in [0.5, 0.6) is 5.75 Å². The molecule has 5 rings (SSSR count). The van der Waals surface area contributed by atoms with E-state index in [1.807, 2.05) is 0 Å². The van der Waals surface area contributed by atoms with Crippen molar-refractivity contribution >= 4 is 22.8 Å². The average Bonchev–Trinajstić information content (AvgIpc) is 3.37. The Morgan fingerprint density at radius 2 is 2.13 bits per heavy atom. The van der Waals surface area contributed by atoms with Crippen molar-refractivity contribution in [3.8, 4) is 5.75 Å². The Kier molecular flexibility index (Phi) is 7.47. The molecule has 10 nitrogen and oxygen atoms in total. The van der Waals surface area contributed by atoms with Crippen LogP contribution in [-0.4, -0.2) is 63.2 Å². The number of methoxy groups -OCH3 is 1. The van der Waals surface area contributed by atoms with Gasteiger partial charge in [0.25, 0.3) is 5.91 Å². The van der Waals surface area contributed by atoms with Crippen molar-refractivity contribution in [3.63, 3.8) is 0 Å². The maximum Gasteiger partial charge on any atom is 0.252 e. The van der Waals surface area contributed by atoms with Crippen LogP contribution in [-0.2, 0) is 11.8 Å². The zero-order valence-corrected chi connectivity index (χ0v) is 21.1. The fraction of sp³-hybridized carbons (Fsp3) is 0.333. The van der Waals surface area contributed by atoms with E-state index in [0.29, 0.717) is 41.2 Å². The number of nitrogens with one attached hydrogen (secondary N) is 2. The van der Waals surface area contributed by atoms with Crippen LogP contribution in [0.25, 0.3) is 10.9 Å². The molecule has 1 saturated heterocycles. The molecule has 2 aromatic carbocycles. The van der Waals surface area contributed by atoms with Gasteiger partial charge in [0.2, 0.25) is 5.95 Å². The van der Waals surface area contributed by atoms with Crippen LogP contribution in [0, 0.1) is 5.82 Å². The lowest BCUT2D eigenvalue weighted by atomic mass is 10.0. The molecule has 3 heterocycles. The summed E-state index contributed by atoms with van der Waals surface area (Å²) < 4.78 is 26.7. The Labute approximate surface area is 218 Å². The number of carbonyl (C=O) groups excluding carboxylic acids is 1. The molecule has 0 unspecified atom stereocenters. The molecular weight excluding hydrogens is 491 g/mol. The zero-order chi connectivity index (χ0) is 26.6. The minimum absolute atomic E-state index is 0.0293. The number of anilines is 1. The number of ether oxygens (including phenoxy) is 2. The molecule has 198 valence electrons. The zero-order valence-electron chi connectivity index (χ0n) is 21.1. The number of hydrogen-bond donors (Lipinski definition) is 3. The second-order valence-electron chi connectivity index (χ2n) is 9.26. The highest BCUT2D eigenvalue weighted by Crippen LogP contribution is 2.27. The van der Waals surface area contributed by atoms with E-state index >= 15 is 0 Å². The number of aryl methyl sites for hydroxylation is 1. The lowest BCUT2D eigenvalue weighted by molar-refractivity contribution is -0.0213. The van der Waals surface area contributed by atoms with Crippen molar-refractivity contribution in [2.45, 2.75) is 31.0 Å². The molecule has 1 aliphatic heterocycles. The molecule has 3 atom stereocenters. The van der Waals surface area contributed by atoms with Gasteiger partial charge in [-0.25, -0.2) is 14.4 Å². The summed E-state index contributed by atoms with van der Waals surface area (Å²) >= 11 is 0. The summed E-state index contributed by atoms with van der Waals surface area (Å²) in [6.45, 7) is 0.523. The Bertz CT molecular complexity index is 1440. The van der Waals surface area contributed by atoms with Crippen LogP contribution in [0.2, 0.25) is 0 Å². The highest BCUT2D eigenvalue weighted by atomic mass is 19.1. The summed E-state index contributed by atoms with van der Waals surface area (Å²) in [6.07, 6.45) is 6.34. The highest BCUT2D eigenvalue weighted by Gasteiger charge is 2.23. The standard InChI is InChI=1S/C27H29FN6O4/c1-34-14-19(13-30-34)25(16-5-6-24(37-2)22(28)9-16)33-26(36)17-3-4-18-12-29-27(32-23(18)10-17)31-20-7-8-38-21(11-20)15-35/h3-6,9-10,12-14,20-21,25,35H,7-8,11,15H2,1-2H3,(H,33,36)(H,29,31,32)/t20-,21-,25-/m0/s1. The largest absolute Gasteiger partial charge is 0.494 e. The van der Waals surface area contributed by atoms with Crippen LogP contribution in [0.15, 0.2) is 55.0 Å². The minimum atomic E-state index is -0.636. The first-order valence-electron chi connectivity index (χ1n) is 12.3. The second-order valence-corrected chi connectivity index (χ2v) is 9.26. The number of amides is 1. The smallest absolute Gasteiger partial charge is 0.252 e. The van der Waals surface area contributed by atoms with Crippen LogP contribution in [0.4, 0.5) is 10.3 Å². The molecule has 2 aromatic heterocycles. The third-order valence-corrected chi connectivity index (χ3v) is 6.59. The van der Waals surface area contributed by atoms with Gasteiger partial charge in [0.1, 0.15) is 0 Å². The molecule has 0 radical (unpaired) electrons. The fourth-order valence-electron chi connectivity index (χ4n) is 4.58. The normalized spacial score (nSPS) is 18.2. The average molecular weight is 521 g/mol. The Morgan fingerprint density at radius 1 is 1.26 bits per heavy atom. The molecule has 4 aromatic rings. The number of aromatic nitrogens is 4. The lowest BCUT2D eigenvalue weighted by Gasteiger charge is -2.29. The van der Waals surface area contributed by atoms with Crippen molar-refractivity contribution in [1.29, 1.82) is 0 Å². The SMILES string of the molecule is COc1ccc([C@H](NC(=O)c2ccc3cnc(N[C@H]4CCO[C@H](CO)C4)nc3c2)c2cnn(C)c2)cc1F. The fourth-order valence-corrected chi connectivity index (χ4v) is 4.58. The number of benzene rings is 2. The minimum Gasteiger partial charge on any atom is -0.494 e. The monoisotopic (exact) mass is 520 g/mol. The first-order valence-corrected chi connectivity index (χ1v) is 12.3. The molecule has 0 bridgehead atoms. The van der Waals surface area contributed by atoms with Gasteiger partial charge < -0.3 is 25.2 Å². The molecule has 38 heavy (non-hydrogen) atoms. The number of hydrogen-bond acceptors (Lipinski definition) is 8. The van der Waals surface area contributed by atoms with E-state index in [1.165, 1.54) is 19.2 Å². The summed E-state index contributed by atoms with van der Waals surface area (Å²) in [5, 5.41) is 20.7. The van der Waals surface area contributed by atoms with Gasteiger partial charge in [-0.15, -0.1) is 0 Å². The Morgan fingerprint density at radius 3 is 2.87 bits per heavy atom. The van der Waals surface area contributed by atoms with Gasteiger partial charge in [0, 0.05) is 48.6 Å². The molecule has 1 amide bonds. The Balaban J connectivity index is 1.39. The number of aliphatic hydroxyl groups is 1. The van der Waals surface area contributed by atoms with Crippen LogP contribution < -0.4 is 15.4 Å². The van der Waals surface area contributed by atoms with Crippen molar-refractivity contribution in [3.05, 3.63) is 77.5 Å². The van der Waals surface area contributed by atoms with Crippen LogP contribution >= 0.6 is 0 Å². The molecule has 0 saturated carbocycles. The van der Waals surface area contributed by atoms with E-state index in [9.17, 15) is 14.3 Å². The van der Waals surface area contributed by atoms with Crippen molar-refractivity contribution in [1.82, 2.24) is 25.1 Å². The highest BCUT2D eigenvalue weighted by molar-refractivity contribution is 5.98. The predicted molar refractivity (Wildman–Crippen MR) is 138 cm³/mol. The molecule has 0 aliphatic carbocycles. The van der Waals surface area contributed by atoms with Gasteiger partial charge in [-0.05, 0) is 42.7 Å². The number of halogens is 1. The molecule has 1 fully saturated rings. The van der Waals surface area contributed by atoms with E-state index in [-0.39, 0.29) is 30.4 Å². The number of aliphatic hydroxyl groups excluding tert-OH is 1. The van der Waals surface area contributed by atoms with E-state index in [2.05, 4.69) is 25.7 Å². The summed E-state index contributed by atoms with van der Waals surface area (Å²) in [5.41, 5.74) is 2.26.